The summed E-state index contributed by atoms with van der Waals surface area (Å²) in [7, 11) is 0. The second-order valence-corrected chi connectivity index (χ2v) is 6.47. The maximum Gasteiger partial charge on any atom is 0.411 e. The third-order valence-corrected chi connectivity index (χ3v) is 3.82. The van der Waals surface area contributed by atoms with E-state index < -0.39 is 23.3 Å². The van der Waals surface area contributed by atoms with Gasteiger partial charge in [-0.1, -0.05) is 12.2 Å². The molecule has 0 radical (unpaired) electrons. The summed E-state index contributed by atoms with van der Waals surface area (Å²) in [6, 6.07) is -0.516. The van der Waals surface area contributed by atoms with Crippen LogP contribution in [0.2, 0.25) is 0 Å². The molecule has 0 saturated carbocycles. The van der Waals surface area contributed by atoms with Gasteiger partial charge in [-0.2, -0.15) is 0 Å². The van der Waals surface area contributed by atoms with Crippen LogP contribution >= 0.6 is 0 Å². The zero-order valence-electron chi connectivity index (χ0n) is 11.5. The molecule has 5 nitrogen and oxygen atoms in total. The van der Waals surface area contributed by atoms with Crippen LogP contribution in [-0.2, 0) is 14.3 Å². The number of hydrogen-bond acceptors (Lipinski definition) is 4. The molecule has 2 saturated heterocycles. The lowest BCUT2D eigenvalue weighted by Gasteiger charge is -2.37. The number of ether oxygens (including phenoxy) is 2. The Kier molecular flexibility index (Phi) is 2.55. The Morgan fingerprint density at radius 1 is 1.53 bits per heavy atom. The molecule has 3 aliphatic heterocycles. The van der Waals surface area contributed by atoms with Crippen LogP contribution in [0.3, 0.4) is 0 Å². The molecule has 0 aromatic carbocycles. The number of hydrogen-bond donors (Lipinski definition) is 0. The fourth-order valence-corrected chi connectivity index (χ4v) is 3.14. The third kappa shape index (κ3) is 1.96. The molecule has 2 bridgehead atoms. The predicted octanol–water partition coefficient (Wildman–Crippen LogP) is 1.66. The number of rotatable bonds is 0. The summed E-state index contributed by atoms with van der Waals surface area (Å²) in [5, 5.41) is 0. The van der Waals surface area contributed by atoms with Gasteiger partial charge in [-0.15, -0.1) is 0 Å². The molecular weight excluding hydrogens is 246 g/mol. The highest BCUT2D eigenvalue weighted by atomic mass is 16.6. The maximum absolute atomic E-state index is 12.2. The molecule has 1 amide bonds. The Balaban J connectivity index is 1.84. The fraction of sp³-hybridized carbons (Fsp3) is 0.714. The van der Waals surface area contributed by atoms with E-state index in [9.17, 15) is 9.59 Å². The number of fused-ring (bicyclic) bond motifs is 1. The Morgan fingerprint density at radius 3 is 2.95 bits per heavy atom. The summed E-state index contributed by atoms with van der Waals surface area (Å²) in [5.41, 5.74) is -1.16. The molecule has 0 N–H and O–H groups in total. The quantitative estimate of drug-likeness (QED) is 0.625. The van der Waals surface area contributed by atoms with Crippen LogP contribution in [0.1, 0.15) is 33.6 Å². The number of carbonyl (C=O) groups excluding carboxylic acids is 2. The van der Waals surface area contributed by atoms with Crippen molar-refractivity contribution in [3.8, 4) is 0 Å². The van der Waals surface area contributed by atoms with Gasteiger partial charge in [0.1, 0.15) is 17.2 Å². The summed E-state index contributed by atoms with van der Waals surface area (Å²) >= 11 is 0. The molecule has 3 atom stereocenters. The van der Waals surface area contributed by atoms with E-state index in [1.165, 1.54) is 4.90 Å². The molecule has 0 aromatic heterocycles. The van der Waals surface area contributed by atoms with E-state index in [4.69, 9.17) is 9.47 Å². The fourth-order valence-electron chi connectivity index (χ4n) is 3.14. The lowest BCUT2D eigenvalue weighted by Crippen LogP contribution is -2.55. The van der Waals surface area contributed by atoms with Crippen molar-refractivity contribution in [2.75, 3.05) is 6.54 Å². The first-order valence-electron chi connectivity index (χ1n) is 6.70. The second kappa shape index (κ2) is 3.82. The average molecular weight is 265 g/mol. The van der Waals surface area contributed by atoms with E-state index in [0.717, 1.165) is 0 Å². The number of nitrogens with zero attached hydrogens (tertiary/aromatic N) is 1. The molecule has 1 spiro atoms. The molecule has 3 aliphatic rings. The van der Waals surface area contributed by atoms with E-state index in [-0.39, 0.29) is 11.9 Å². The highest BCUT2D eigenvalue weighted by molar-refractivity contribution is 5.91. The average Bonchev–Trinajstić information content (AvgIpc) is 2.80. The Bertz CT molecular complexity index is 465. The van der Waals surface area contributed by atoms with Crippen LogP contribution in [0.4, 0.5) is 4.79 Å². The smallest absolute Gasteiger partial charge is 0.411 e. The van der Waals surface area contributed by atoms with Crippen molar-refractivity contribution in [2.24, 2.45) is 0 Å². The molecule has 3 rings (SSSR count). The van der Waals surface area contributed by atoms with E-state index in [0.29, 0.717) is 19.4 Å². The number of carbonyl (C=O) groups is 2. The minimum atomic E-state index is -0.600. The standard InChI is InChI=1S/C14H19NO4/c1-13(2,3)19-12(17)15-7-6-14-5-4-9(18-14)8-10(16)11(14)15/h4-5,9,11H,6-8H2,1-3H3. The van der Waals surface area contributed by atoms with Gasteiger partial charge in [0, 0.05) is 19.4 Å². The van der Waals surface area contributed by atoms with E-state index >= 15 is 0 Å². The lowest BCUT2D eigenvalue weighted by molar-refractivity contribution is -0.144. The summed E-state index contributed by atoms with van der Waals surface area (Å²) in [4.78, 5) is 26.0. The molecule has 0 aliphatic carbocycles. The van der Waals surface area contributed by atoms with Gasteiger partial charge in [0.2, 0.25) is 0 Å². The minimum absolute atomic E-state index is 0.0737. The van der Waals surface area contributed by atoms with Crippen LogP contribution in [0.15, 0.2) is 12.2 Å². The van der Waals surface area contributed by atoms with Crippen molar-refractivity contribution in [3.63, 3.8) is 0 Å². The molecule has 2 fully saturated rings. The third-order valence-electron chi connectivity index (χ3n) is 3.82. The molecule has 0 aromatic rings. The second-order valence-electron chi connectivity index (χ2n) is 6.47. The zero-order chi connectivity index (χ0) is 13.8. The predicted molar refractivity (Wildman–Crippen MR) is 67.7 cm³/mol. The molecule has 3 unspecified atom stereocenters. The van der Waals surface area contributed by atoms with E-state index in [1.54, 1.807) is 0 Å². The molecular formula is C14H19NO4. The highest BCUT2D eigenvalue weighted by Crippen LogP contribution is 2.44. The van der Waals surface area contributed by atoms with Gasteiger partial charge in [0.15, 0.2) is 5.78 Å². The first-order chi connectivity index (χ1) is 8.81. The van der Waals surface area contributed by atoms with Crippen molar-refractivity contribution >= 4 is 11.9 Å². The zero-order valence-corrected chi connectivity index (χ0v) is 11.5. The van der Waals surface area contributed by atoms with Gasteiger partial charge >= 0.3 is 6.09 Å². The van der Waals surface area contributed by atoms with E-state index in [2.05, 4.69) is 0 Å². The van der Waals surface area contributed by atoms with Gasteiger partial charge in [-0.25, -0.2) is 4.79 Å². The Labute approximate surface area is 112 Å². The normalized spacial score (nSPS) is 36.6. The lowest BCUT2D eigenvalue weighted by atomic mass is 9.90. The maximum atomic E-state index is 12.2. The summed E-state index contributed by atoms with van der Waals surface area (Å²) < 4.78 is 11.3. The SMILES string of the molecule is CC(C)(C)OC(=O)N1CCC23C=CC(CC(=O)C12)O3. The number of Topliss-reactive ketones (excluding diaryl/α,β-unsaturated/α-hetero) is 1. The highest BCUT2D eigenvalue weighted by Gasteiger charge is 2.58. The molecule has 104 valence electrons. The first kappa shape index (κ1) is 12.7. The summed E-state index contributed by atoms with van der Waals surface area (Å²) in [5.74, 6) is 0.0737. The summed E-state index contributed by atoms with van der Waals surface area (Å²) in [6.45, 7) is 5.96. The van der Waals surface area contributed by atoms with Crippen molar-refractivity contribution in [1.82, 2.24) is 4.90 Å². The Morgan fingerprint density at radius 2 is 2.26 bits per heavy atom. The van der Waals surface area contributed by atoms with Crippen LogP contribution in [0.5, 0.6) is 0 Å². The first-order valence-corrected chi connectivity index (χ1v) is 6.70. The molecule has 3 heterocycles. The monoisotopic (exact) mass is 265 g/mol. The van der Waals surface area contributed by atoms with Gasteiger partial charge in [-0.3, -0.25) is 9.69 Å². The molecule has 5 heteroatoms. The van der Waals surface area contributed by atoms with Gasteiger partial charge < -0.3 is 9.47 Å². The minimum Gasteiger partial charge on any atom is -0.444 e. The van der Waals surface area contributed by atoms with Crippen LogP contribution < -0.4 is 0 Å². The summed E-state index contributed by atoms with van der Waals surface area (Å²) in [6.07, 6.45) is 4.37. The van der Waals surface area contributed by atoms with Crippen LogP contribution in [0, 0.1) is 0 Å². The van der Waals surface area contributed by atoms with Crippen molar-refractivity contribution < 1.29 is 19.1 Å². The van der Waals surface area contributed by atoms with Crippen molar-refractivity contribution in [3.05, 3.63) is 12.2 Å². The number of amides is 1. The number of ketones is 1. The van der Waals surface area contributed by atoms with Crippen LogP contribution in [0.25, 0.3) is 0 Å². The van der Waals surface area contributed by atoms with E-state index in [1.807, 2.05) is 32.9 Å². The van der Waals surface area contributed by atoms with Crippen molar-refractivity contribution in [1.29, 1.82) is 0 Å². The molecule has 19 heavy (non-hydrogen) atoms. The van der Waals surface area contributed by atoms with Gasteiger partial charge in [0.05, 0.1) is 6.10 Å². The van der Waals surface area contributed by atoms with Crippen LogP contribution in [-0.4, -0.2) is 46.7 Å². The topological polar surface area (TPSA) is 55.8 Å². The van der Waals surface area contributed by atoms with Crippen molar-refractivity contribution in [2.45, 2.75) is 57.0 Å². The Hall–Kier alpha value is -1.36. The van der Waals surface area contributed by atoms with Gasteiger partial charge in [-0.05, 0) is 20.8 Å². The van der Waals surface area contributed by atoms with Gasteiger partial charge in [0.25, 0.3) is 0 Å². The number of likely N-dealkylation sites (tertiary alicyclic amines) is 1. The largest absolute Gasteiger partial charge is 0.444 e.